The lowest BCUT2D eigenvalue weighted by molar-refractivity contribution is 0.102. The fourth-order valence-electron chi connectivity index (χ4n) is 4.03. The number of nitrogens with one attached hydrogen (secondary N) is 2. The van der Waals surface area contributed by atoms with Crippen LogP contribution >= 0.6 is 11.6 Å². The Hall–Kier alpha value is -3.36. The Morgan fingerprint density at radius 1 is 1.06 bits per heavy atom. The number of aromatic nitrogens is 2. The Bertz CT molecular complexity index is 1180. The van der Waals surface area contributed by atoms with Gasteiger partial charge in [0.15, 0.2) is 5.82 Å². The number of carbonyl (C=O) groups is 1. The van der Waals surface area contributed by atoms with E-state index in [1.165, 1.54) is 0 Å². The number of hydrogen-bond donors (Lipinski definition) is 2. The molecule has 0 saturated carbocycles. The molecule has 5 rings (SSSR count). The molecule has 8 nitrogen and oxygen atoms in total. The number of nitrogens with zero attached hydrogens (tertiary/aromatic N) is 5. The van der Waals surface area contributed by atoms with Crippen LogP contribution in [0.25, 0.3) is 0 Å². The first kappa shape index (κ1) is 20.5. The summed E-state index contributed by atoms with van der Waals surface area (Å²) in [5.41, 5.74) is 3.75. The maximum Gasteiger partial charge on any atom is 0.257 e. The number of benzene rings is 2. The summed E-state index contributed by atoms with van der Waals surface area (Å²) in [4.78, 5) is 28.2. The van der Waals surface area contributed by atoms with E-state index in [9.17, 15) is 4.79 Å². The van der Waals surface area contributed by atoms with E-state index in [0.29, 0.717) is 28.0 Å². The monoisotopic (exact) mass is 449 g/mol. The molecule has 0 unspecified atom stereocenters. The zero-order valence-corrected chi connectivity index (χ0v) is 18.7. The molecule has 164 valence electrons. The molecule has 2 aliphatic heterocycles. The van der Waals surface area contributed by atoms with Crippen molar-refractivity contribution in [1.29, 1.82) is 0 Å². The van der Waals surface area contributed by atoms with Gasteiger partial charge in [0.2, 0.25) is 5.95 Å². The van der Waals surface area contributed by atoms with Crippen molar-refractivity contribution in [2.75, 3.05) is 60.7 Å². The minimum atomic E-state index is -0.182. The highest BCUT2D eigenvalue weighted by atomic mass is 35.5. The lowest BCUT2D eigenvalue weighted by Gasteiger charge is -2.34. The largest absolute Gasteiger partial charge is 0.369 e. The highest BCUT2D eigenvalue weighted by molar-refractivity contribution is 6.33. The molecule has 0 atom stereocenters. The molecule has 3 aromatic rings. The number of fused-ring (bicyclic) bond motifs is 2. The summed E-state index contributed by atoms with van der Waals surface area (Å²) < 4.78 is 0. The Labute approximate surface area is 191 Å². The Balaban J connectivity index is 1.40. The molecule has 2 aliphatic rings. The number of anilines is 6. The summed E-state index contributed by atoms with van der Waals surface area (Å²) in [5.74, 6) is 0.822. The molecule has 32 heavy (non-hydrogen) atoms. The van der Waals surface area contributed by atoms with Crippen LogP contribution in [0.15, 0.2) is 48.7 Å². The van der Waals surface area contributed by atoms with Crippen LogP contribution in [0.1, 0.15) is 10.4 Å². The Morgan fingerprint density at radius 3 is 2.62 bits per heavy atom. The van der Waals surface area contributed by atoms with Gasteiger partial charge in [0.05, 0.1) is 28.2 Å². The predicted molar refractivity (Wildman–Crippen MR) is 129 cm³/mol. The number of rotatable bonds is 3. The average Bonchev–Trinajstić information content (AvgIpc) is 2.91. The van der Waals surface area contributed by atoms with E-state index in [1.54, 1.807) is 12.3 Å². The van der Waals surface area contributed by atoms with Gasteiger partial charge >= 0.3 is 0 Å². The van der Waals surface area contributed by atoms with Crippen molar-refractivity contribution in [3.63, 3.8) is 0 Å². The smallest absolute Gasteiger partial charge is 0.257 e. The van der Waals surface area contributed by atoms with Crippen molar-refractivity contribution in [2.45, 2.75) is 0 Å². The number of para-hydroxylation sites is 1. The average molecular weight is 450 g/mol. The molecule has 2 N–H and O–H groups in total. The standard InChI is InChI=1S/C23H24ClN7O/c1-29-9-11-31(12-10-29)15-7-8-18(17(24)13-15)27-23-25-14-19-21(28-23)30(2)20-6-4-3-5-16(20)22(32)26-19/h3-8,13-14H,9-12H2,1-2H3,(H,26,32)(H,25,27,28). The SMILES string of the molecule is CN1CCN(c2ccc(Nc3ncc4c(n3)N(C)c3ccccc3C(=O)N4)c(Cl)c2)CC1. The molecule has 1 saturated heterocycles. The zero-order valence-electron chi connectivity index (χ0n) is 18.0. The predicted octanol–water partition coefficient (Wildman–Crippen LogP) is 3.96. The first-order valence-electron chi connectivity index (χ1n) is 10.5. The maximum atomic E-state index is 12.6. The van der Waals surface area contributed by atoms with Gasteiger partial charge in [0, 0.05) is 38.9 Å². The van der Waals surface area contributed by atoms with Crippen LogP contribution < -0.4 is 20.4 Å². The molecule has 0 aliphatic carbocycles. The summed E-state index contributed by atoms with van der Waals surface area (Å²) >= 11 is 6.59. The summed E-state index contributed by atoms with van der Waals surface area (Å²) in [6.45, 7) is 4.03. The second kappa shape index (κ2) is 8.29. The highest BCUT2D eigenvalue weighted by Crippen LogP contribution is 2.36. The van der Waals surface area contributed by atoms with E-state index >= 15 is 0 Å². The van der Waals surface area contributed by atoms with Crippen molar-refractivity contribution >= 4 is 52.0 Å². The molecule has 2 aromatic carbocycles. The van der Waals surface area contributed by atoms with Crippen LogP contribution in [0.2, 0.25) is 5.02 Å². The van der Waals surface area contributed by atoms with Crippen molar-refractivity contribution in [2.24, 2.45) is 0 Å². The van der Waals surface area contributed by atoms with Crippen LogP contribution in [0.4, 0.5) is 34.5 Å². The van der Waals surface area contributed by atoms with Crippen LogP contribution in [-0.2, 0) is 0 Å². The van der Waals surface area contributed by atoms with Crippen LogP contribution in [-0.4, -0.2) is 61.0 Å². The molecule has 3 heterocycles. The third-order valence-corrected chi connectivity index (χ3v) is 6.22. The van der Waals surface area contributed by atoms with E-state index in [1.807, 2.05) is 42.3 Å². The molecule has 9 heteroatoms. The fourth-order valence-corrected chi connectivity index (χ4v) is 4.25. The number of hydrogen-bond acceptors (Lipinski definition) is 7. The molecule has 0 spiro atoms. The molecule has 1 amide bonds. The maximum absolute atomic E-state index is 12.6. The van der Waals surface area contributed by atoms with Gasteiger partial charge in [-0.15, -0.1) is 0 Å². The van der Waals surface area contributed by atoms with E-state index in [-0.39, 0.29) is 5.91 Å². The van der Waals surface area contributed by atoms with Gasteiger partial charge in [-0.3, -0.25) is 4.79 Å². The summed E-state index contributed by atoms with van der Waals surface area (Å²) in [6.07, 6.45) is 1.61. The van der Waals surface area contributed by atoms with Gasteiger partial charge < -0.3 is 25.3 Å². The van der Waals surface area contributed by atoms with E-state index in [4.69, 9.17) is 11.6 Å². The highest BCUT2D eigenvalue weighted by Gasteiger charge is 2.24. The van der Waals surface area contributed by atoms with Crippen molar-refractivity contribution in [1.82, 2.24) is 14.9 Å². The fraction of sp³-hybridized carbons (Fsp3) is 0.261. The molecule has 1 aromatic heterocycles. The first-order chi connectivity index (χ1) is 15.5. The Morgan fingerprint density at radius 2 is 1.84 bits per heavy atom. The van der Waals surface area contributed by atoms with Gasteiger partial charge in [0.25, 0.3) is 5.91 Å². The minimum absolute atomic E-state index is 0.182. The minimum Gasteiger partial charge on any atom is -0.369 e. The van der Waals surface area contributed by atoms with Crippen molar-refractivity contribution < 1.29 is 4.79 Å². The normalized spacial score (nSPS) is 16.2. The van der Waals surface area contributed by atoms with E-state index in [2.05, 4.69) is 43.5 Å². The van der Waals surface area contributed by atoms with E-state index < -0.39 is 0 Å². The third kappa shape index (κ3) is 3.83. The van der Waals surface area contributed by atoms with Gasteiger partial charge in [0.1, 0.15) is 5.69 Å². The zero-order chi connectivity index (χ0) is 22.2. The number of likely N-dealkylation sites (N-methyl/N-ethyl adjacent to an activating group) is 1. The second-order valence-electron chi connectivity index (χ2n) is 8.04. The van der Waals surface area contributed by atoms with E-state index in [0.717, 1.165) is 43.2 Å². The van der Waals surface area contributed by atoms with Crippen LogP contribution in [0.3, 0.4) is 0 Å². The quantitative estimate of drug-likeness (QED) is 0.626. The summed E-state index contributed by atoms with van der Waals surface area (Å²) in [5, 5.41) is 6.71. The number of halogens is 1. The Kier molecular flexibility index (Phi) is 5.32. The molecule has 0 radical (unpaired) electrons. The summed E-state index contributed by atoms with van der Waals surface area (Å²) in [7, 11) is 4.02. The lowest BCUT2D eigenvalue weighted by Crippen LogP contribution is -2.44. The first-order valence-corrected chi connectivity index (χ1v) is 10.9. The van der Waals surface area contributed by atoms with Crippen LogP contribution in [0.5, 0.6) is 0 Å². The van der Waals surface area contributed by atoms with Gasteiger partial charge in [-0.25, -0.2) is 4.98 Å². The molecular formula is C23H24ClN7O. The number of carbonyl (C=O) groups excluding carboxylic acids is 1. The number of piperazine rings is 1. The topological polar surface area (TPSA) is 76.6 Å². The summed E-state index contributed by atoms with van der Waals surface area (Å²) in [6, 6.07) is 13.4. The molecule has 1 fully saturated rings. The second-order valence-corrected chi connectivity index (χ2v) is 8.45. The van der Waals surface area contributed by atoms with Crippen LogP contribution in [0, 0.1) is 0 Å². The molecular weight excluding hydrogens is 426 g/mol. The van der Waals surface area contributed by atoms with Crippen molar-refractivity contribution in [3.8, 4) is 0 Å². The number of amides is 1. The molecule has 0 bridgehead atoms. The lowest BCUT2D eigenvalue weighted by atomic mass is 10.1. The van der Waals surface area contributed by atoms with Gasteiger partial charge in [-0.2, -0.15) is 4.98 Å². The van der Waals surface area contributed by atoms with Gasteiger partial charge in [-0.1, -0.05) is 23.7 Å². The third-order valence-electron chi connectivity index (χ3n) is 5.91. The van der Waals surface area contributed by atoms with Crippen molar-refractivity contribution in [3.05, 3.63) is 59.2 Å². The van der Waals surface area contributed by atoms with Gasteiger partial charge in [-0.05, 0) is 37.4 Å².